The Kier molecular flexibility index (Phi) is 3.82. The van der Waals surface area contributed by atoms with Crippen LogP contribution in [0.15, 0.2) is 63.1 Å². The third kappa shape index (κ3) is 2.92. The molecule has 0 atom stereocenters. The molecule has 2 heterocycles. The molecular weight excluding hydrogens is 336 g/mol. The first kappa shape index (κ1) is 15.5. The van der Waals surface area contributed by atoms with Gasteiger partial charge in [-0.3, -0.25) is 0 Å². The summed E-state index contributed by atoms with van der Waals surface area (Å²) in [7, 11) is 0. The Morgan fingerprint density at radius 1 is 1.20 bits per heavy atom. The second kappa shape index (κ2) is 6.14. The lowest BCUT2D eigenvalue weighted by molar-refractivity contribution is -0.131. The van der Waals surface area contributed by atoms with Crippen LogP contribution in [-0.2, 0) is 4.79 Å². The average molecular weight is 350 g/mol. The maximum absolute atomic E-state index is 11.7. The van der Waals surface area contributed by atoms with Gasteiger partial charge in [0.2, 0.25) is 0 Å². The molecule has 25 heavy (non-hydrogen) atoms. The second-order valence-electron chi connectivity index (χ2n) is 5.57. The van der Waals surface area contributed by atoms with Crippen molar-refractivity contribution in [3.05, 3.63) is 64.7 Å². The minimum atomic E-state index is -1.02. The molecule has 0 saturated carbocycles. The maximum atomic E-state index is 11.7. The molecule has 124 valence electrons. The Labute approximate surface area is 147 Å². The molecule has 0 aliphatic rings. The molecule has 0 aliphatic heterocycles. The standard InChI is InChI=1S/C19H14N2O3S/c1-11-13(12-6-2-3-7-14(12)20-11)10-17(18(22)23)25-19-21-15-8-4-5-9-16(15)24-19/h2-10,20H,1H3,(H,22,23)/b17-10-. The number of rotatable bonds is 4. The van der Waals surface area contributed by atoms with Crippen molar-refractivity contribution in [3.63, 3.8) is 0 Å². The number of H-pyrrole nitrogens is 1. The summed E-state index contributed by atoms with van der Waals surface area (Å²) in [6.07, 6.45) is 1.66. The number of aliphatic carboxylic acids is 1. The van der Waals surface area contributed by atoms with Crippen LogP contribution in [0.5, 0.6) is 0 Å². The minimum absolute atomic E-state index is 0.152. The number of thioether (sulfide) groups is 1. The third-order valence-electron chi connectivity index (χ3n) is 3.90. The van der Waals surface area contributed by atoms with Crippen LogP contribution in [0.4, 0.5) is 0 Å². The van der Waals surface area contributed by atoms with Gasteiger partial charge < -0.3 is 14.5 Å². The molecule has 4 rings (SSSR count). The van der Waals surface area contributed by atoms with Gasteiger partial charge in [0.15, 0.2) is 5.58 Å². The summed E-state index contributed by atoms with van der Waals surface area (Å²) in [5.41, 5.74) is 4.09. The van der Waals surface area contributed by atoms with Crippen molar-refractivity contribution >= 4 is 45.8 Å². The first-order chi connectivity index (χ1) is 12.1. The van der Waals surface area contributed by atoms with Gasteiger partial charge in [-0.1, -0.05) is 30.3 Å². The minimum Gasteiger partial charge on any atom is -0.477 e. The topological polar surface area (TPSA) is 79.1 Å². The average Bonchev–Trinajstić information content (AvgIpc) is 3.14. The number of nitrogens with zero attached hydrogens (tertiary/aromatic N) is 1. The summed E-state index contributed by atoms with van der Waals surface area (Å²) in [6, 6.07) is 15.2. The van der Waals surface area contributed by atoms with Crippen molar-refractivity contribution in [2.75, 3.05) is 0 Å². The Balaban J connectivity index is 1.76. The van der Waals surface area contributed by atoms with Gasteiger partial charge in [0.05, 0.1) is 0 Å². The Morgan fingerprint density at radius 2 is 1.96 bits per heavy atom. The van der Waals surface area contributed by atoms with Gasteiger partial charge in [-0.05, 0) is 43.0 Å². The Bertz CT molecular complexity index is 1090. The van der Waals surface area contributed by atoms with Gasteiger partial charge in [-0.2, -0.15) is 0 Å². The second-order valence-corrected chi connectivity index (χ2v) is 6.57. The van der Waals surface area contributed by atoms with Crippen LogP contribution in [0.2, 0.25) is 0 Å². The number of hydrogen-bond donors (Lipinski definition) is 2. The number of fused-ring (bicyclic) bond motifs is 2. The lowest BCUT2D eigenvalue weighted by Gasteiger charge is -2.00. The van der Waals surface area contributed by atoms with E-state index in [1.807, 2.05) is 49.4 Å². The van der Waals surface area contributed by atoms with E-state index in [9.17, 15) is 9.90 Å². The van der Waals surface area contributed by atoms with E-state index in [4.69, 9.17) is 4.42 Å². The van der Waals surface area contributed by atoms with Crippen LogP contribution in [0.25, 0.3) is 28.1 Å². The molecule has 2 N–H and O–H groups in total. The monoisotopic (exact) mass is 350 g/mol. The number of aryl methyl sites for hydroxylation is 1. The number of carboxylic acid groups (broad SMARTS) is 1. The van der Waals surface area contributed by atoms with Gasteiger partial charge in [0, 0.05) is 22.2 Å². The fourth-order valence-corrected chi connectivity index (χ4v) is 3.47. The van der Waals surface area contributed by atoms with Gasteiger partial charge >= 0.3 is 5.97 Å². The van der Waals surface area contributed by atoms with Crippen molar-refractivity contribution < 1.29 is 14.3 Å². The molecule has 0 saturated heterocycles. The molecule has 2 aromatic heterocycles. The highest BCUT2D eigenvalue weighted by Gasteiger charge is 2.16. The van der Waals surface area contributed by atoms with Gasteiger partial charge in [0.25, 0.3) is 5.22 Å². The molecule has 0 fully saturated rings. The summed E-state index contributed by atoms with van der Waals surface area (Å²) in [6.45, 7) is 1.93. The van der Waals surface area contributed by atoms with Gasteiger partial charge in [-0.15, -0.1) is 0 Å². The van der Waals surface area contributed by atoms with E-state index in [1.165, 1.54) is 0 Å². The number of carboxylic acids is 1. The predicted octanol–water partition coefficient (Wildman–Crippen LogP) is 4.84. The van der Waals surface area contributed by atoms with E-state index < -0.39 is 5.97 Å². The number of aromatic nitrogens is 2. The van der Waals surface area contributed by atoms with E-state index in [0.717, 1.165) is 33.9 Å². The van der Waals surface area contributed by atoms with E-state index in [0.29, 0.717) is 16.3 Å². The molecular formula is C19H14N2O3S. The quantitative estimate of drug-likeness (QED) is 0.407. The van der Waals surface area contributed by atoms with E-state index in [1.54, 1.807) is 12.1 Å². The van der Waals surface area contributed by atoms with E-state index >= 15 is 0 Å². The van der Waals surface area contributed by atoms with Crippen LogP contribution in [-0.4, -0.2) is 21.0 Å². The highest BCUT2D eigenvalue weighted by Crippen LogP contribution is 2.32. The van der Waals surface area contributed by atoms with Crippen LogP contribution in [0.3, 0.4) is 0 Å². The lowest BCUT2D eigenvalue weighted by atomic mass is 10.1. The smallest absolute Gasteiger partial charge is 0.342 e. The molecule has 4 aromatic rings. The van der Waals surface area contributed by atoms with Gasteiger partial charge in [0.1, 0.15) is 10.4 Å². The number of carbonyl (C=O) groups is 1. The van der Waals surface area contributed by atoms with Crippen molar-refractivity contribution in [1.29, 1.82) is 0 Å². The lowest BCUT2D eigenvalue weighted by Crippen LogP contribution is -1.97. The van der Waals surface area contributed by atoms with Crippen LogP contribution in [0, 0.1) is 6.92 Å². The summed E-state index contributed by atoms with van der Waals surface area (Å²) in [5, 5.41) is 10.9. The fraction of sp³-hybridized carbons (Fsp3) is 0.0526. The zero-order valence-electron chi connectivity index (χ0n) is 13.3. The van der Waals surface area contributed by atoms with Crippen molar-refractivity contribution in [2.24, 2.45) is 0 Å². The number of benzene rings is 2. The summed E-state index contributed by atoms with van der Waals surface area (Å²) in [4.78, 5) is 19.5. The van der Waals surface area contributed by atoms with Gasteiger partial charge in [-0.25, -0.2) is 9.78 Å². The number of oxazole rings is 1. The third-order valence-corrected chi connectivity index (χ3v) is 4.76. The largest absolute Gasteiger partial charge is 0.477 e. The first-order valence-corrected chi connectivity index (χ1v) is 8.49. The summed E-state index contributed by atoms with van der Waals surface area (Å²) in [5.74, 6) is -1.02. The Morgan fingerprint density at radius 3 is 2.76 bits per heavy atom. The van der Waals surface area contributed by atoms with Crippen molar-refractivity contribution in [3.8, 4) is 0 Å². The highest BCUT2D eigenvalue weighted by molar-refractivity contribution is 8.03. The highest BCUT2D eigenvalue weighted by atomic mass is 32.2. The van der Waals surface area contributed by atoms with Crippen molar-refractivity contribution in [2.45, 2.75) is 12.1 Å². The fourth-order valence-electron chi connectivity index (χ4n) is 2.74. The normalized spacial score (nSPS) is 12.1. The molecule has 5 nitrogen and oxygen atoms in total. The number of nitrogens with one attached hydrogen (secondary N) is 1. The SMILES string of the molecule is Cc1[nH]c2ccccc2c1/C=C(\Sc1nc2ccccc2o1)C(=O)O. The Hall–Kier alpha value is -2.99. The summed E-state index contributed by atoms with van der Waals surface area (Å²) >= 11 is 1.01. The number of aromatic amines is 1. The first-order valence-electron chi connectivity index (χ1n) is 7.67. The molecule has 2 aromatic carbocycles. The van der Waals surface area contributed by atoms with Crippen LogP contribution in [0.1, 0.15) is 11.3 Å². The summed E-state index contributed by atoms with van der Waals surface area (Å²) < 4.78 is 5.63. The molecule has 0 unspecified atom stereocenters. The zero-order valence-corrected chi connectivity index (χ0v) is 14.1. The van der Waals surface area contributed by atoms with E-state index in [-0.39, 0.29) is 4.91 Å². The van der Waals surface area contributed by atoms with Crippen LogP contribution < -0.4 is 0 Å². The molecule has 0 amide bonds. The van der Waals surface area contributed by atoms with E-state index in [2.05, 4.69) is 9.97 Å². The molecule has 0 radical (unpaired) electrons. The predicted molar refractivity (Wildman–Crippen MR) is 98.5 cm³/mol. The number of hydrogen-bond acceptors (Lipinski definition) is 4. The molecule has 6 heteroatoms. The van der Waals surface area contributed by atoms with Crippen molar-refractivity contribution in [1.82, 2.24) is 9.97 Å². The molecule has 0 aliphatic carbocycles. The molecule has 0 bridgehead atoms. The van der Waals surface area contributed by atoms with Crippen LogP contribution >= 0.6 is 11.8 Å². The maximum Gasteiger partial charge on any atom is 0.342 e. The number of para-hydroxylation sites is 3. The molecule has 0 spiro atoms. The zero-order chi connectivity index (χ0) is 17.4.